The molecule has 0 aromatic carbocycles. The molecule has 1 atom stereocenters. The van der Waals surface area contributed by atoms with Crippen LogP contribution in [0.1, 0.15) is 38.5 Å². The van der Waals surface area contributed by atoms with E-state index >= 15 is 0 Å². The van der Waals surface area contributed by atoms with Crippen molar-refractivity contribution in [3.05, 3.63) is 0 Å². The fraction of sp³-hybridized carbons (Fsp3) is 0.750. The van der Waals surface area contributed by atoms with Gasteiger partial charge in [0, 0.05) is 18.6 Å². The quantitative estimate of drug-likeness (QED) is 0.403. The summed E-state index contributed by atoms with van der Waals surface area (Å²) in [4.78, 5) is 11.0. The first-order valence-corrected chi connectivity index (χ1v) is 6.83. The fourth-order valence-electron chi connectivity index (χ4n) is 1.35. The minimum Gasteiger partial charge on any atom is -0.366 e. The first kappa shape index (κ1) is 18.1. The van der Waals surface area contributed by atoms with E-state index in [1.807, 2.05) is 0 Å². The van der Waals surface area contributed by atoms with Crippen LogP contribution in [-0.2, 0) is 4.79 Å². The van der Waals surface area contributed by atoms with Gasteiger partial charge in [-0.2, -0.15) is 13.2 Å². The lowest BCUT2D eigenvalue weighted by molar-refractivity contribution is -0.130. The van der Waals surface area contributed by atoms with Crippen molar-refractivity contribution in [3.63, 3.8) is 0 Å². The van der Waals surface area contributed by atoms with Crippen LogP contribution >= 0.6 is 11.8 Å². The molecule has 7 heteroatoms. The number of alkyl halides is 4. The summed E-state index contributed by atoms with van der Waals surface area (Å²) < 4.78 is 49.9. The Morgan fingerprint density at radius 1 is 1.16 bits per heavy atom. The Balaban J connectivity index is 4.13. The monoisotopic (exact) mass is 299 g/mol. The zero-order chi connectivity index (χ0) is 14.9. The minimum absolute atomic E-state index is 0.185. The molecule has 110 valence electrons. The molecule has 2 nitrogen and oxygen atoms in total. The molecule has 0 saturated heterocycles. The van der Waals surface area contributed by atoms with Crippen molar-refractivity contribution in [2.45, 2.75) is 49.7 Å². The SMILES string of the molecule is C#CCCCCCC(F)(SCCC(F)(F)F)C(N)=O. The zero-order valence-corrected chi connectivity index (χ0v) is 11.2. The first-order chi connectivity index (χ1) is 8.71. The number of carbonyl (C=O) groups is 1. The maximum atomic E-state index is 14.1. The Hall–Kier alpha value is -0.900. The number of nitrogens with two attached hydrogens (primary N) is 1. The summed E-state index contributed by atoms with van der Waals surface area (Å²) in [6.45, 7) is 0. The molecule has 0 aliphatic carbocycles. The molecule has 0 saturated carbocycles. The van der Waals surface area contributed by atoms with Crippen molar-refractivity contribution < 1.29 is 22.4 Å². The van der Waals surface area contributed by atoms with E-state index in [4.69, 9.17) is 12.2 Å². The largest absolute Gasteiger partial charge is 0.389 e. The molecule has 19 heavy (non-hydrogen) atoms. The van der Waals surface area contributed by atoms with E-state index in [1.165, 1.54) is 0 Å². The molecule has 0 aliphatic rings. The molecule has 0 aliphatic heterocycles. The van der Waals surface area contributed by atoms with E-state index in [1.54, 1.807) is 0 Å². The first-order valence-electron chi connectivity index (χ1n) is 5.84. The number of rotatable bonds is 9. The number of hydrogen-bond acceptors (Lipinski definition) is 2. The number of amides is 1. The van der Waals surface area contributed by atoms with Gasteiger partial charge >= 0.3 is 6.18 Å². The average Bonchev–Trinajstić information content (AvgIpc) is 2.26. The summed E-state index contributed by atoms with van der Waals surface area (Å²) in [6, 6.07) is 0. The normalized spacial score (nSPS) is 14.7. The number of carbonyl (C=O) groups excluding carboxylic acids is 1. The number of unbranched alkanes of at least 4 members (excludes halogenated alkanes) is 3. The van der Waals surface area contributed by atoms with Crippen LogP contribution < -0.4 is 5.73 Å². The van der Waals surface area contributed by atoms with E-state index in [0.717, 1.165) is 0 Å². The van der Waals surface area contributed by atoms with Crippen LogP contribution in [0.25, 0.3) is 0 Å². The number of primary amides is 1. The van der Waals surface area contributed by atoms with Gasteiger partial charge in [-0.3, -0.25) is 4.79 Å². The second kappa shape index (κ2) is 8.31. The van der Waals surface area contributed by atoms with Crippen LogP contribution in [0.15, 0.2) is 0 Å². The van der Waals surface area contributed by atoms with Gasteiger partial charge in [-0.15, -0.1) is 24.1 Å². The van der Waals surface area contributed by atoms with Crippen LogP contribution in [0.3, 0.4) is 0 Å². The number of thioether (sulfide) groups is 1. The van der Waals surface area contributed by atoms with Gasteiger partial charge in [-0.05, 0) is 12.8 Å². The van der Waals surface area contributed by atoms with Crippen molar-refractivity contribution in [1.29, 1.82) is 0 Å². The molecular formula is C12H17F4NOS. The van der Waals surface area contributed by atoms with Crippen molar-refractivity contribution in [2.75, 3.05) is 5.75 Å². The Kier molecular flexibility index (Phi) is 7.91. The molecule has 0 radical (unpaired) electrons. The summed E-state index contributed by atoms with van der Waals surface area (Å²) in [5.41, 5.74) is 4.91. The molecule has 0 heterocycles. The summed E-state index contributed by atoms with van der Waals surface area (Å²) in [6.07, 6.45) is 1.57. The Labute approximate surface area is 114 Å². The molecule has 0 fully saturated rings. The molecular weight excluding hydrogens is 282 g/mol. The van der Waals surface area contributed by atoms with Gasteiger partial charge in [0.25, 0.3) is 5.91 Å². The van der Waals surface area contributed by atoms with Crippen LogP contribution in [0.4, 0.5) is 17.6 Å². The molecule has 2 N–H and O–H groups in total. The van der Waals surface area contributed by atoms with Gasteiger partial charge in [0.05, 0.1) is 6.42 Å². The molecule has 0 aromatic heterocycles. The van der Waals surface area contributed by atoms with Crippen molar-refractivity contribution in [3.8, 4) is 12.3 Å². The minimum atomic E-state index is -4.36. The summed E-state index contributed by atoms with van der Waals surface area (Å²) in [7, 11) is 0. The van der Waals surface area contributed by atoms with Crippen LogP contribution in [0.5, 0.6) is 0 Å². The van der Waals surface area contributed by atoms with Gasteiger partial charge in [-0.1, -0.05) is 6.42 Å². The van der Waals surface area contributed by atoms with Gasteiger partial charge in [0.2, 0.25) is 5.00 Å². The third-order valence-corrected chi connectivity index (χ3v) is 3.67. The Morgan fingerprint density at radius 3 is 2.26 bits per heavy atom. The van der Waals surface area contributed by atoms with E-state index in [2.05, 4.69) is 5.92 Å². The summed E-state index contributed by atoms with van der Waals surface area (Å²) in [5, 5.41) is -2.43. The smallest absolute Gasteiger partial charge is 0.366 e. The highest BCUT2D eigenvalue weighted by Gasteiger charge is 2.38. The van der Waals surface area contributed by atoms with E-state index in [0.29, 0.717) is 37.4 Å². The fourth-order valence-corrected chi connectivity index (χ4v) is 2.44. The number of terminal acetylenes is 1. The van der Waals surface area contributed by atoms with Gasteiger partial charge in [0.1, 0.15) is 0 Å². The lowest BCUT2D eigenvalue weighted by atomic mass is 10.1. The summed E-state index contributed by atoms with van der Waals surface area (Å²) >= 11 is 0.321. The number of hydrogen-bond donors (Lipinski definition) is 1. The number of halogens is 4. The predicted molar refractivity (Wildman–Crippen MR) is 68.1 cm³/mol. The van der Waals surface area contributed by atoms with Crippen LogP contribution in [-0.4, -0.2) is 22.8 Å². The highest BCUT2D eigenvalue weighted by Crippen LogP contribution is 2.35. The Morgan fingerprint density at radius 2 is 1.79 bits per heavy atom. The second-order valence-corrected chi connectivity index (χ2v) is 5.42. The Bertz CT molecular complexity index is 327. The highest BCUT2D eigenvalue weighted by molar-refractivity contribution is 8.01. The highest BCUT2D eigenvalue weighted by atomic mass is 32.2. The standard InChI is InChI=1S/C12H17F4NOS/c1-2-3-4-5-6-7-11(13,10(17)18)19-9-8-12(14,15)16/h1H,3-9H2,(H2,17,18). The molecule has 0 aromatic rings. The van der Waals surface area contributed by atoms with E-state index in [9.17, 15) is 22.4 Å². The molecule has 0 spiro atoms. The molecule has 1 amide bonds. The van der Waals surface area contributed by atoms with Gasteiger partial charge in [-0.25, -0.2) is 4.39 Å². The average molecular weight is 299 g/mol. The summed E-state index contributed by atoms with van der Waals surface area (Å²) in [5.74, 6) is 0.678. The zero-order valence-electron chi connectivity index (χ0n) is 10.4. The van der Waals surface area contributed by atoms with Crippen molar-refractivity contribution in [2.24, 2.45) is 5.73 Å². The van der Waals surface area contributed by atoms with Crippen molar-refractivity contribution >= 4 is 17.7 Å². The van der Waals surface area contributed by atoms with Gasteiger partial charge < -0.3 is 5.73 Å². The topological polar surface area (TPSA) is 43.1 Å². The molecule has 0 rings (SSSR count). The van der Waals surface area contributed by atoms with Crippen molar-refractivity contribution in [1.82, 2.24) is 0 Å². The lowest BCUT2D eigenvalue weighted by Gasteiger charge is -2.21. The maximum absolute atomic E-state index is 14.1. The maximum Gasteiger partial charge on any atom is 0.389 e. The molecule has 0 bridgehead atoms. The molecule has 1 unspecified atom stereocenters. The van der Waals surface area contributed by atoms with E-state index in [-0.39, 0.29) is 6.42 Å². The van der Waals surface area contributed by atoms with Crippen LogP contribution in [0, 0.1) is 12.3 Å². The third kappa shape index (κ3) is 8.76. The second-order valence-electron chi connectivity index (χ2n) is 4.07. The lowest BCUT2D eigenvalue weighted by Crippen LogP contribution is -2.37. The van der Waals surface area contributed by atoms with Gasteiger partial charge in [0.15, 0.2) is 0 Å². The van der Waals surface area contributed by atoms with Crippen LogP contribution in [0.2, 0.25) is 0 Å². The predicted octanol–water partition coefficient (Wildman–Crippen LogP) is 3.41. The van der Waals surface area contributed by atoms with E-state index < -0.39 is 29.3 Å². The third-order valence-electron chi connectivity index (χ3n) is 2.40.